The monoisotopic (exact) mass is 297 g/mol. The molecule has 0 aliphatic rings. The van der Waals surface area contributed by atoms with Crippen molar-refractivity contribution in [2.45, 2.75) is 32.3 Å². The summed E-state index contributed by atoms with van der Waals surface area (Å²) in [6, 6.07) is 19.6. The Hall–Kier alpha value is -2.29. The summed E-state index contributed by atoms with van der Waals surface area (Å²) in [4.78, 5) is 12.2. The lowest BCUT2D eigenvalue weighted by Gasteiger charge is -2.26. The van der Waals surface area contributed by atoms with Crippen LogP contribution in [-0.2, 0) is 10.2 Å². The zero-order valence-electron chi connectivity index (χ0n) is 13.4. The van der Waals surface area contributed by atoms with Crippen molar-refractivity contribution in [3.05, 3.63) is 66.2 Å². The molecule has 0 fully saturated rings. The minimum atomic E-state index is -0.519. The van der Waals surface area contributed by atoms with Gasteiger partial charge in [0.15, 0.2) is 6.10 Å². The molecule has 0 spiro atoms. The van der Waals surface area contributed by atoms with Gasteiger partial charge in [0.05, 0.1) is 0 Å². The Morgan fingerprint density at radius 3 is 2.18 bits per heavy atom. The van der Waals surface area contributed by atoms with Gasteiger partial charge in [-0.3, -0.25) is 4.79 Å². The molecular weight excluding hydrogens is 274 g/mol. The Morgan fingerprint density at radius 1 is 1.05 bits per heavy atom. The molecule has 2 rings (SSSR count). The molecular formula is C19H23NO2. The largest absolute Gasteiger partial charge is 0.481 e. The predicted molar refractivity (Wildman–Crippen MR) is 89.0 cm³/mol. The number of ether oxygens (including phenoxy) is 1. The van der Waals surface area contributed by atoms with E-state index in [9.17, 15) is 4.79 Å². The molecule has 3 nitrogen and oxygen atoms in total. The topological polar surface area (TPSA) is 38.3 Å². The van der Waals surface area contributed by atoms with Crippen molar-refractivity contribution in [3.63, 3.8) is 0 Å². The summed E-state index contributed by atoms with van der Waals surface area (Å²) in [5.41, 5.74) is 1.08. The van der Waals surface area contributed by atoms with Gasteiger partial charge in [-0.2, -0.15) is 0 Å². The van der Waals surface area contributed by atoms with E-state index in [4.69, 9.17) is 4.74 Å². The summed E-state index contributed by atoms with van der Waals surface area (Å²) < 4.78 is 5.64. The number of carbonyl (C=O) groups is 1. The molecule has 1 N–H and O–H groups in total. The minimum absolute atomic E-state index is 0.104. The Balaban J connectivity index is 1.89. The maximum absolute atomic E-state index is 12.2. The molecule has 116 valence electrons. The first-order valence-corrected chi connectivity index (χ1v) is 7.54. The second-order valence-corrected chi connectivity index (χ2v) is 6.04. The molecule has 1 atom stereocenters. The highest BCUT2D eigenvalue weighted by molar-refractivity contribution is 5.80. The molecule has 0 aliphatic carbocycles. The first kappa shape index (κ1) is 16.1. The smallest absolute Gasteiger partial charge is 0.260 e. The molecule has 0 saturated heterocycles. The van der Waals surface area contributed by atoms with E-state index < -0.39 is 6.10 Å². The zero-order valence-corrected chi connectivity index (χ0v) is 13.4. The zero-order chi connectivity index (χ0) is 16.0. The van der Waals surface area contributed by atoms with Crippen LogP contribution in [0.3, 0.4) is 0 Å². The molecule has 2 aromatic rings. The highest BCUT2D eigenvalue weighted by Gasteiger charge is 2.23. The Morgan fingerprint density at radius 2 is 1.59 bits per heavy atom. The number of para-hydroxylation sites is 1. The van der Waals surface area contributed by atoms with Gasteiger partial charge < -0.3 is 10.1 Å². The van der Waals surface area contributed by atoms with Crippen molar-refractivity contribution in [1.29, 1.82) is 0 Å². The number of rotatable bonds is 6. The van der Waals surface area contributed by atoms with Crippen LogP contribution in [0.25, 0.3) is 0 Å². The lowest BCUT2D eigenvalue weighted by molar-refractivity contribution is -0.127. The van der Waals surface area contributed by atoms with Crippen molar-refractivity contribution in [1.82, 2.24) is 5.32 Å². The van der Waals surface area contributed by atoms with E-state index in [1.165, 1.54) is 5.56 Å². The molecule has 0 bridgehead atoms. The van der Waals surface area contributed by atoms with E-state index in [1.807, 2.05) is 48.5 Å². The molecule has 0 saturated carbocycles. The third-order valence-electron chi connectivity index (χ3n) is 3.69. The standard InChI is InChI=1S/C19H23NO2/c1-15(22-17-12-8-5-9-13-17)18(21)20-14-19(2,3)16-10-6-4-7-11-16/h4-13,15H,14H2,1-3H3,(H,20,21). The summed E-state index contributed by atoms with van der Waals surface area (Å²) in [6.45, 7) is 6.56. The van der Waals surface area contributed by atoms with Crippen LogP contribution >= 0.6 is 0 Å². The Kier molecular flexibility index (Phi) is 5.21. The summed E-state index contributed by atoms with van der Waals surface area (Å²) >= 11 is 0. The third-order valence-corrected chi connectivity index (χ3v) is 3.69. The normalized spacial score (nSPS) is 12.5. The Labute approximate surface area is 132 Å². The van der Waals surface area contributed by atoms with Gasteiger partial charge in [0.1, 0.15) is 5.75 Å². The van der Waals surface area contributed by atoms with E-state index in [1.54, 1.807) is 6.92 Å². The lowest BCUT2D eigenvalue weighted by atomic mass is 9.84. The van der Waals surface area contributed by atoms with E-state index in [-0.39, 0.29) is 11.3 Å². The van der Waals surface area contributed by atoms with Gasteiger partial charge >= 0.3 is 0 Å². The molecule has 1 amide bonds. The van der Waals surface area contributed by atoms with Crippen LogP contribution in [0.4, 0.5) is 0 Å². The summed E-state index contributed by atoms with van der Waals surface area (Å²) in [5.74, 6) is 0.598. The number of hydrogen-bond donors (Lipinski definition) is 1. The van der Waals surface area contributed by atoms with Gasteiger partial charge in [-0.15, -0.1) is 0 Å². The second-order valence-electron chi connectivity index (χ2n) is 6.04. The van der Waals surface area contributed by atoms with Gasteiger partial charge in [0.25, 0.3) is 5.91 Å². The molecule has 0 aromatic heterocycles. The molecule has 0 heterocycles. The van der Waals surface area contributed by atoms with E-state index in [0.717, 1.165) is 0 Å². The van der Waals surface area contributed by atoms with Gasteiger partial charge in [0.2, 0.25) is 0 Å². The minimum Gasteiger partial charge on any atom is -0.481 e. The molecule has 22 heavy (non-hydrogen) atoms. The van der Waals surface area contributed by atoms with E-state index in [2.05, 4.69) is 31.3 Å². The molecule has 3 heteroatoms. The molecule has 0 radical (unpaired) electrons. The molecule has 2 aromatic carbocycles. The first-order valence-electron chi connectivity index (χ1n) is 7.54. The van der Waals surface area contributed by atoms with Crippen LogP contribution in [0, 0.1) is 0 Å². The number of hydrogen-bond acceptors (Lipinski definition) is 2. The van der Waals surface area contributed by atoms with Crippen LogP contribution < -0.4 is 10.1 Å². The van der Waals surface area contributed by atoms with Crippen molar-refractivity contribution in [3.8, 4) is 5.75 Å². The maximum Gasteiger partial charge on any atom is 0.260 e. The average molecular weight is 297 g/mol. The average Bonchev–Trinajstić information content (AvgIpc) is 2.54. The number of benzene rings is 2. The molecule has 1 unspecified atom stereocenters. The lowest BCUT2D eigenvalue weighted by Crippen LogP contribution is -2.42. The van der Waals surface area contributed by atoms with Crippen LogP contribution in [0.15, 0.2) is 60.7 Å². The predicted octanol–water partition coefficient (Wildman–Crippen LogP) is 3.55. The van der Waals surface area contributed by atoms with Crippen molar-refractivity contribution < 1.29 is 9.53 Å². The second kappa shape index (κ2) is 7.12. The van der Waals surface area contributed by atoms with Crippen LogP contribution in [0.5, 0.6) is 5.75 Å². The van der Waals surface area contributed by atoms with Crippen molar-refractivity contribution >= 4 is 5.91 Å². The van der Waals surface area contributed by atoms with Gasteiger partial charge in [0, 0.05) is 12.0 Å². The number of nitrogens with one attached hydrogen (secondary N) is 1. The van der Waals surface area contributed by atoms with Gasteiger partial charge in [-0.05, 0) is 24.6 Å². The van der Waals surface area contributed by atoms with Crippen LogP contribution in [-0.4, -0.2) is 18.6 Å². The van der Waals surface area contributed by atoms with Gasteiger partial charge in [-0.1, -0.05) is 62.4 Å². The van der Waals surface area contributed by atoms with E-state index in [0.29, 0.717) is 12.3 Å². The van der Waals surface area contributed by atoms with Crippen LogP contribution in [0.1, 0.15) is 26.3 Å². The summed E-state index contributed by atoms with van der Waals surface area (Å²) in [5, 5.41) is 2.98. The SMILES string of the molecule is CC(Oc1ccccc1)C(=O)NCC(C)(C)c1ccccc1. The fraction of sp³-hybridized carbons (Fsp3) is 0.316. The maximum atomic E-state index is 12.2. The fourth-order valence-electron chi connectivity index (χ4n) is 2.20. The number of amides is 1. The third kappa shape index (κ3) is 4.35. The highest BCUT2D eigenvalue weighted by atomic mass is 16.5. The summed E-state index contributed by atoms with van der Waals surface area (Å²) in [7, 11) is 0. The van der Waals surface area contributed by atoms with Gasteiger partial charge in [-0.25, -0.2) is 0 Å². The van der Waals surface area contributed by atoms with Crippen molar-refractivity contribution in [2.75, 3.05) is 6.54 Å². The van der Waals surface area contributed by atoms with Crippen molar-refractivity contribution in [2.24, 2.45) is 0 Å². The number of carbonyl (C=O) groups excluding carboxylic acids is 1. The quantitative estimate of drug-likeness (QED) is 0.885. The molecule has 0 aliphatic heterocycles. The first-order chi connectivity index (χ1) is 10.5. The highest BCUT2D eigenvalue weighted by Crippen LogP contribution is 2.21. The Bertz CT molecular complexity index is 593. The van der Waals surface area contributed by atoms with Crippen LogP contribution in [0.2, 0.25) is 0 Å². The summed E-state index contributed by atoms with van der Waals surface area (Å²) in [6.07, 6.45) is -0.519. The van der Waals surface area contributed by atoms with E-state index >= 15 is 0 Å². The fourth-order valence-corrected chi connectivity index (χ4v) is 2.20.